The fourth-order valence-corrected chi connectivity index (χ4v) is 4.17. The molecule has 1 aromatic carbocycles. The fraction of sp³-hybridized carbons (Fsp3) is 0.500. The highest BCUT2D eigenvalue weighted by molar-refractivity contribution is 7.91. The highest BCUT2D eigenvalue weighted by Crippen LogP contribution is 2.14. The third-order valence-electron chi connectivity index (χ3n) is 4.01. The van der Waals surface area contributed by atoms with Crippen molar-refractivity contribution >= 4 is 21.5 Å². The number of sulfone groups is 1. The summed E-state index contributed by atoms with van der Waals surface area (Å²) in [7, 11) is -3.01. The Hall–Kier alpha value is -1.69. The molecule has 1 amide bonds. The molecule has 22 heavy (non-hydrogen) atoms. The van der Waals surface area contributed by atoms with Crippen LogP contribution in [0.2, 0.25) is 0 Å². The van der Waals surface area contributed by atoms with E-state index in [9.17, 15) is 18.0 Å². The predicted octanol–water partition coefficient (Wildman–Crippen LogP) is 1.57. The van der Waals surface area contributed by atoms with Crippen LogP contribution >= 0.6 is 0 Å². The Morgan fingerprint density at radius 1 is 1.18 bits per heavy atom. The number of benzene rings is 1. The molecule has 0 saturated carbocycles. The van der Waals surface area contributed by atoms with Crippen molar-refractivity contribution in [3.05, 3.63) is 34.9 Å². The van der Waals surface area contributed by atoms with Crippen molar-refractivity contribution in [2.75, 3.05) is 11.5 Å². The van der Waals surface area contributed by atoms with Crippen LogP contribution < -0.4 is 5.32 Å². The molecule has 1 aliphatic heterocycles. The average molecular weight is 323 g/mol. The second-order valence-electron chi connectivity index (χ2n) is 5.89. The summed E-state index contributed by atoms with van der Waals surface area (Å²) in [4.78, 5) is 23.9. The van der Waals surface area contributed by atoms with Gasteiger partial charge in [-0.15, -0.1) is 0 Å². The Bertz CT molecular complexity index is 694. The highest BCUT2D eigenvalue weighted by Gasteiger charge is 2.28. The van der Waals surface area contributed by atoms with E-state index >= 15 is 0 Å². The van der Waals surface area contributed by atoms with Gasteiger partial charge in [-0.25, -0.2) is 8.42 Å². The number of carbonyl (C=O) groups is 2. The second kappa shape index (κ2) is 6.60. The molecular weight excluding hydrogens is 302 g/mol. The molecule has 1 unspecified atom stereocenters. The van der Waals surface area contributed by atoms with Crippen molar-refractivity contribution in [3.63, 3.8) is 0 Å². The van der Waals surface area contributed by atoms with Gasteiger partial charge in [0.15, 0.2) is 15.6 Å². The minimum atomic E-state index is -3.01. The van der Waals surface area contributed by atoms with Crippen LogP contribution in [0.5, 0.6) is 0 Å². The van der Waals surface area contributed by atoms with Crippen molar-refractivity contribution in [1.29, 1.82) is 0 Å². The first-order chi connectivity index (χ1) is 10.3. The van der Waals surface area contributed by atoms with Gasteiger partial charge in [-0.05, 0) is 37.5 Å². The summed E-state index contributed by atoms with van der Waals surface area (Å²) in [5.41, 5.74) is 2.78. The van der Waals surface area contributed by atoms with E-state index in [1.54, 1.807) is 6.07 Å². The first-order valence-electron chi connectivity index (χ1n) is 7.37. The molecule has 1 atom stereocenters. The Kier molecular flexibility index (Phi) is 5.01. The van der Waals surface area contributed by atoms with Gasteiger partial charge in [0.2, 0.25) is 5.91 Å². The Labute approximate surface area is 131 Å². The lowest BCUT2D eigenvalue weighted by Crippen LogP contribution is -2.35. The van der Waals surface area contributed by atoms with Gasteiger partial charge in [0.05, 0.1) is 11.5 Å². The van der Waals surface area contributed by atoms with Gasteiger partial charge in [-0.1, -0.05) is 12.1 Å². The summed E-state index contributed by atoms with van der Waals surface area (Å²) >= 11 is 0. The molecule has 1 aromatic rings. The topological polar surface area (TPSA) is 80.3 Å². The van der Waals surface area contributed by atoms with E-state index in [2.05, 4.69) is 5.32 Å². The van der Waals surface area contributed by atoms with E-state index < -0.39 is 9.84 Å². The molecule has 1 N–H and O–H groups in total. The number of Topliss-reactive ketones (excluding diaryl/α,β-unsaturated/α-hetero) is 1. The first kappa shape index (κ1) is 16.7. The number of hydrogen-bond acceptors (Lipinski definition) is 4. The molecule has 1 saturated heterocycles. The van der Waals surface area contributed by atoms with E-state index in [1.807, 2.05) is 26.0 Å². The van der Waals surface area contributed by atoms with Gasteiger partial charge >= 0.3 is 0 Å². The van der Waals surface area contributed by atoms with E-state index in [4.69, 9.17) is 0 Å². The molecule has 0 bridgehead atoms. The second-order valence-corrected chi connectivity index (χ2v) is 8.12. The van der Waals surface area contributed by atoms with Gasteiger partial charge in [0.25, 0.3) is 0 Å². The third kappa shape index (κ3) is 4.40. The summed E-state index contributed by atoms with van der Waals surface area (Å²) in [6.45, 7) is 3.92. The summed E-state index contributed by atoms with van der Waals surface area (Å²) < 4.78 is 22.7. The van der Waals surface area contributed by atoms with Crippen molar-refractivity contribution in [1.82, 2.24) is 5.32 Å². The molecule has 0 aliphatic carbocycles. The summed E-state index contributed by atoms with van der Waals surface area (Å²) in [5, 5.41) is 2.69. The molecule has 6 heteroatoms. The largest absolute Gasteiger partial charge is 0.352 e. The molecule has 1 fully saturated rings. The molecule has 0 spiro atoms. The van der Waals surface area contributed by atoms with Gasteiger partial charge in [0, 0.05) is 24.4 Å². The van der Waals surface area contributed by atoms with Crippen molar-refractivity contribution < 1.29 is 18.0 Å². The summed E-state index contributed by atoms with van der Waals surface area (Å²) in [5.74, 6) is -0.208. The van der Waals surface area contributed by atoms with Gasteiger partial charge in [-0.3, -0.25) is 9.59 Å². The zero-order valence-electron chi connectivity index (χ0n) is 12.9. The molecule has 0 aromatic heterocycles. The minimum Gasteiger partial charge on any atom is -0.352 e. The predicted molar refractivity (Wildman–Crippen MR) is 84.7 cm³/mol. The molecule has 1 heterocycles. The number of amides is 1. The van der Waals surface area contributed by atoms with Crippen LogP contribution in [0.3, 0.4) is 0 Å². The van der Waals surface area contributed by atoms with Crippen LogP contribution in [0.1, 0.15) is 40.7 Å². The Morgan fingerprint density at radius 3 is 2.50 bits per heavy atom. The number of rotatable bonds is 5. The van der Waals surface area contributed by atoms with Gasteiger partial charge in [0.1, 0.15) is 0 Å². The molecule has 0 radical (unpaired) electrons. The average Bonchev–Trinajstić information content (AvgIpc) is 2.78. The Morgan fingerprint density at radius 2 is 1.91 bits per heavy atom. The van der Waals surface area contributed by atoms with Gasteiger partial charge in [-0.2, -0.15) is 0 Å². The maximum Gasteiger partial charge on any atom is 0.220 e. The molecule has 2 rings (SSSR count). The van der Waals surface area contributed by atoms with Crippen molar-refractivity contribution in [2.24, 2.45) is 0 Å². The SMILES string of the molecule is Cc1ccc(C(=O)CCC(=O)NC2CCS(=O)(=O)C2)cc1C. The smallest absolute Gasteiger partial charge is 0.220 e. The lowest BCUT2D eigenvalue weighted by atomic mass is 10.0. The van der Waals surface area contributed by atoms with Crippen LogP contribution in [0.25, 0.3) is 0 Å². The van der Waals surface area contributed by atoms with Crippen molar-refractivity contribution in [2.45, 2.75) is 39.2 Å². The maximum atomic E-state index is 12.1. The fourth-order valence-electron chi connectivity index (χ4n) is 2.49. The van der Waals surface area contributed by atoms with Crippen LogP contribution in [0, 0.1) is 13.8 Å². The third-order valence-corrected chi connectivity index (χ3v) is 5.77. The van der Waals surface area contributed by atoms with E-state index in [0.29, 0.717) is 12.0 Å². The lowest BCUT2D eigenvalue weighted by molar-refractivity contribution is -0.121. The zero-order valence-corrected chi connectivity index (χ0v) is 13.7. The quantitative estimate of drug-likeness (QED) is 0.834. The first-order valence-corrected chi connectivity index (χ1v) is 9.19. The van der Waals surface area contributed by atoms with Crippen molar-refractivity contribution in [3.8, 4) is 0 Å². The molecular formula is C16H21NO4S. The monoisotopic (exact) mass is 323 g/mol. The van der Waals surface area contributed by atoms with Gasteiger partial charge < -0.3 is 5.32 Å². The minimum absolute atomic E-state index is 0.00381. The number of aryl methyl sites for hydroxylation is 2. The van der Waals surface area contributed by atoms with E-state index in [-0.39, 0.29) is 42.1 Å². The standard InChI is InChI=1S/C16H21NO4S/c1-11-3-4-13(9-12(11)2)15(18)5-6-16(19)17-14-7-8-22(20,21)10-14/h3-4,9,14H,5-8,10H2,1-2H3,(H,17,19). The lowest BCUT2D eigenvalue weighted by Gasteiger charge is -2.10. The molecule has 120 valence electrons. The number of carbonyl (C=O) groups excluding carboxylic acids is 2. The number of hydrogen-bond donors (Lipinski definition) is 1. The number of nitrogens with one attached hydrogen (secondary N) is 1. The molecule has 5 nitrogen and oxygen atoms in total. The van der Waals surface area contributed by atoms with Crippen LogP contribution in [-0.4, -0.2) is 37.7 Å². The summed E-state index contributed by atoms with van der Waals surface area (Å²) in [6, 6.07) is 5.19. The van der Waals surface area contributed by atoms with Crippen LogP contribution in [0.15, 0.2) is 18.2 Å². The van der Waals surface area contributed by atoms with E-state index in [1.165, 1.54) is 0 Å². The maximum absolute atomic E-state index is 12.1. The normalized spacial score (nSPS) is 19.8. The molecule has 1 aliphatic rings. The zero-order chi connectivity index (χ0) is 16.3. The number of ketones is 1. The van der Waals surface area contributed by atoms with Crippen LogP contribution in [-0.2, 0) is 14.6 Å². The highest BCUT2D eigenvalue weighted by atomic mass is 32.2. The van der Waals surface area contributed by atoms with Crippen LogP contribution in [0.4, 0.5) is 0 Å². The van der Waals surface area contributed by atoms with E-state index in [0.717, 1.165) is 11.1 Å². The Balaban J connectivity index is 1.83. The summed E-state index contributed by atoms with van der Waals surface area (Å²) in [6.07, 6.45) is 0.676.